The molecule has 0 amide bonds. The SMILES string of the molecule is CC(C)(C)c1ccc(B(c2ccc(-c3ccc4c(c3)Sc3cccc5c3c-4cc3ccc(-c4ccc(B(c6ccc(C(C)(C)C)cc6)c6ccc(C(C)(C)C)cc6)cc4)cc35)cc2)c2ccc(C(C)(C)C)cc2)cc1. The minimum atomic E-state index is 0.102. The van der Waals surface area contributed by atoms with Gasteiger partial charge < -0.3 is 0 Å². The van der Waals surface area contributed by atoms with Crippen LogP contribution in [0.3, 0.4) is 0 Å². The molecule has 0 nitrogen and oxygen atoms in total. The third kappa shape index (κ3) is 9.98. The Morgan fingerprint density at radius 3 is 1.01 bits per heavy atom. The summed E-state index contributed by atoms with van der Waals surface area (Å²) in [4.78, 5) is 2.62. The molecule has 1 aliphatic heterocycles. The first-order chi connectivity index (χ1) is 35.7. The number of fused-ring (bicyclic) bond motifs is 4. The van der Waals surface area contributed by atoms with E-state index in [1.807, 2.05) is 11.8 Å². The van der Waals surface area contributed by atoms with Gasteiger partial charge in [-0.05, 0) is 118 Å². The van der Waals surface area contributed by atoms with E-state index in [0.29, 0.717) is 0 Å². The highest BCUT2D eigenvalue weighted by Gasteiger charge is 2.27. The number of rotatable bonds is 8. The van der Waals surface area contributed by atoms with Crippen molar-refractivity contribution in [2.24, 2.45) is 0 Å². The molecule has 10 aromatic carbocycles. The van der Waals surface area contributed by atoms with Gasteiger partial charge in [-0.2, -0.15) is 0 Å². The van der Waals surface area contributed by atoms with E-state index in [9.17, 15) is 0 Å². The van der Waals surface area contributed by atoms with Crippen LogP contribution in [0.1, 0.15) is 105 Å². The lowest BCUT2D eigenvalue weighted by Gasteiger charge is -2.23. The van der Waals surface area contributed by atoms with Crippen LogP contribution in [0.15, 0.2) is 216 Å². The average Bonchev–Trinajstić information content (AvgIpc) is 3.39. The summed E-state index contributed by atoms with van der Waals surface area (Å²) >= 11 is 1.91. The van der Waals surface area contributed by atoms with E-state index in [2.05, 4.69) is 289 Å². The van der Waals surface area contributed by atoms with E-state index >= 15 is 0 Å². The molecule has 370 valence electrons. The Hall–Kier alpha value is -6.80. The molecular formula is C72H70B2S. The zero-order chi connectivity index (χ0) is 52.6. The van der Waals surface area contributed by atoms with Crippen LogP contribution < -0.4 is 32.8 Å². The summed E-state index contributed by atoms with van der Waals surface area (Å²) in [6, 6.07) is 79.5. The smallest absolute Gasteiger partial charge is 0.0888 e. The molecule has 0 saturated carbocycles. The molecule has 1 heterocycles. The second-order valence-corrected chi connectivity index (χ2v) is 26.5. The van der Waals surface area contributed by atoms with Gasteiger partial charge in [-0.1, -0.05) is 310 Å². The van der Waals surface area contributed by atoms with E-state index in [1.165, 1.54) is 120 Å². The van der Waals surface area contributed by atoms with Crippen LogP contribution >= 0.6 is 11.8 Å². The van der Waals surface area contributed by atoms with Crippen LogP contribution in [0.5, 0.6) is 0 Å². The van der Waals surface area contributed by atoms with Crippen molar-refractivity contribution in [1.29, 1.82) is 0 Å². The minimum absolute atomic E-state index is 0.102. The third-order valence-electron chi connectivity index (χ3n) is 16.0. The van der Waals surface area contributed by atoms with Gasteiger partial charge in [0.2, 0.25) is 13.4 Å². The number of hydrogen-bond donors (Lipinski definition) is 0. The van der Waals surface area contributed by atoms with Crippen molar-refractivity contribution in [3.05, 3.63) is 229 Å². The van der Waals surface area contributed by atoms with Gasteiger partial charge in [-0.15, -0.1) is 0 Å². The molecule has 0 radical (unpaired) electrons. The quantitative estimate of drug-likeness (QED) is 0.108. The highest BCUT2D eigenvalue weighted by atomic mass is 32.2. The first kappa shape index (κ1) is 50.4. The molecule has 0 aliphatic carbocycles. The zero-order valence-corrected chi connectivity index (χ0v) is 47.0. The fourth-order valence-electron chi connectivity index (χ4n) is 11.4. The van der Waals surface area contributed by atoms with E-state index < -0.39 is 0 Å². The number of hydrogen-bond acceptors (Lipinski definition) is 1. The summed E-state index contributed by atoms with van der Waals surface area (Å²) in [5.41, 5.74) is 21.2. The Bertz CT molecular complexity index is 3590. The molecule has 0 saturated heterocycles. The predicted molar refractivity (Wildman–Crippen MR) is 332 cm³/mol. The maximum atomic E-state index is 2.43. The molecule has 10 aromatic rings. The molecular weight excluding hydrogens is 918 g/mol. The van der Waals surface area contributed by atoms with Crippen LogP contribution in [-0.2, 0) is 21.7 Å². The summed E-state index contributed by atoms with van der Waals surface area (Å²) in [6.45, 7) is 27.7. The molecule has 0 bridgehead atoms. The molecule has 0 atom stereocenters. The second kappa shape index (κ2) is 19.1. The van der Waals surface area contributed by atoms with Crippen LogP contribution in [0.4, 0.5) is 0 Å². The Morgan fingerprint density at radius 1 is 0.280 bits per heavy atom. The normalized spacial score (nSPS) is 12.7. The summed E-state index contributed by atoms with van der Waals surface area (Å²) in [6.07, 6.45) is 0. The van der Waals surface area contributed by atoms with Gasteiger partial charge in [0, 0.05) is 15.2 Å². The van der Waals surface area contributed by atoms with Gasteiger partial charge >= 0.3 is 0 Å². The molecule has 0 aromatic heterocycles. The average molecular weight is 989 g/mol. The first-order valence-corrected chi connectivity index (χ1v) is 27.9. The molecule has 11 rings (SSSR count). The Labute approximate surface area is 453 Å². The van der Waals surface area contributed by atoms with Crippen molar-refractivity contribution in [2.45, 2.75) is 115 Å². The Balaban J connectivity index is 0.895. The highest BCUT2D eigenvalue weighted by Crippen LogP contribution is 2.51. The van der Waals surface area contributed by atoms with Crippen LogP contribution in [0, 0.1) is 0 Å². The fraction of sp³-hybridized carbons (Fsp3) is 0.222. The minimum Gasteiger partial charge on any atom is -0.0888 e. The zero-order valence-electron chi connectivity index (χ0n) is 46.2. The molecule has 0 spiro atoms. The summed E-state index contributed by atoms with van der Waals surface area (Å²) in [7, 11) is 0. The topological polar surface area (TPSA) is 0 Å². The summed E-state index contributed by atoms with van der Waals surface area (Å²) < 4.78 is 0. The van der Waals surface area contributed by atoms with Crippen molar-refractivity contribution in [3.63, 3.8) is 0 Å². The van der Waals surface area contributed by atoms with Gasteiger partial charge in [-0.3, -0.25) is 0 Å². The molecule has 1 aliphatic rings. The van der Waals surface area contributed by atoms with Crippen molar-refractivity contribution in [3.8, 4) is 33.4 Å². The Kier molecular flexibility index (Phi) is 12.8. The molecule has 3 heteroatoms. The lowest BCUT2D eigenvalue weighted by Crippen LogP contribution is -2.52. The van der Waals surface area contributed by atoms with Crippen LogP contribution in [-0.4, -0.2) is 13.4 Å². The standard InChI is InChI=1S/C72H70B2S/c1-69(2,3)52-23-35-58(36-24-52)73(59-37-25-53(26-38-59)70(4,5)6)56-31-18-47(19-32-56)49-16-17-51-45-65-62-43-22-50(46-67(62)75-66-15-13-14-63(68(65)66)64(51)44-49)48-20-33-57(34-21-48)74(60-39-27-54(28-40-60)71(7,8)9)61-41-29-55(30-42-61)72(10,11)12/h13-46H,1-12H3. The van der Waals surface area contributed by atoms with E-state index in [0.717, 1.165) is 0 Å². The van der Waals surface area contributed by atoms with Crippen LogP contribution in [0.2, 0.25) is 0 Å². The van der Waals surface area contributed by atoms with Gasteiger partial charge in [0.05, 0.1) is 0 Å². The fourth-order valence-corrected chi connectivity index (χ4v) is 12.6. The third-order valence-corrected chi connectivity index (χ3v) is 17.1. The highest BCUT2D eigenvalue weighted by molar-refractivity contribution is 7.99. The van der Waals surface area contributed by atoms with E-state index in [-0.39, 0.29) is 35.1 Å². The largest absolute Gasteiger partial charge is 0.241 e. The summed E-state index contributed by atoms with van der Waals surface area (Å²) in [5.74, 6) is 0. The monoisotopic (exact) mass is 989 g/mol. The number of benzene rings is 10. The van der Waals surface area contributed by atoms with Gasteiger partial charge in [-0.25, -0.2) is 0 Å². The van der Waals surface area contributed by atoms with Crippen LogP contribution in [0.25, 0.3) is 54.9 Å². The lowest BCUT2D eigenvalue weighted by molar-refractivity contribution is 0.590. The van der Waals surface area contributed by atoms with Gasteiger partial charge in [0.1, 0.15) is 0 Å². The molecule has 0 fully saturated rings. The van der Waals surface area contributed by atoms with Crippen molar-refractivity contribution in [2.75, 3.05) is 0 Å². The lowest BCUT2D eigenvalue weighted by atomic mass is 9.36. The molecule has 0 unspecified atom stereocenters. The predicted octanol–water partition coefficient (Wildman–Crippen LogP) is 15.7. The van der Waals surface area contributed by atoms with Crippen molar-refractivity contribution in [1.82, 2.24) is 0 Å². The van der Waals surface area contributed by atoms with Crippen molar-refractivity contribution < 1.29 is 0 Å². The first-order valence-electron chi connectivity index (χ1n) is 27.1. The summed E-state index contributed by atoms with van der Waals surface area (Å²) in [5, 5.41) is 5.22. The maximum Gasteiger partial charge on any atom is 0.241 e. The Morgan fingerprint density at radius 2 is 0.627 bits per heavy atom. The van der Waals surface area contributed by atoms with E-state index in [1.54, 1.807) is 0 Å². The maximum absolute atomic E-state index is 2.43. The van der Waals surface area contributed by atoms with Crippen molar-refractivity contribution >= 4 is 79.5 Å². The van der Waals surface area contributed by atoms with Gasteiger partial charge in [0.15, 0.2) is 0 Å². The van der Waals surface area contributed by atoms with E-state index in [4.69, 9.17) is 0 Å². The molecule has 0 N–H and O–H groups in total. The van der Waals surface area contributed by atoms with Gasteiger partial charge in [0.25, 0.3) is 0 Å². The molecule has 75 heavy (non-hydrogen) atoms. The second-order valence-electron chi connectivity index (χ2n) is 25.4.